The highest BCUT2D eigenvalue weighted by atomic mass is 35.5. The second kappa shape index (κ2) is 7.95. The molecule has 2 aromatic carbocycles. The number of fused-ring (bicyclic) bond motifs is 1. The third-order valence-corrected chi connectivity index (χ3v) is 5.68. The average molecular weight is 415 g/mol. The van der Waals surface area contributed by atoms with Gasteiger partial charge in [-0.3, -0.25) is 9.59 Å². The second-order valence-electron chi connectivity index (χ2n) is 7.46. The lowest BCUT2D eigenvalue weighted by molar-refractivity contribution is -0.127. The van der Waals surface area contributed by atoms with Gasteiger partial charge >= 0.3 is 0 Å². The zero-order valence-corrected chi connectivity index (χ0v) is 17.2. The zero-order valence-electron chi connectivity index (χ0n) is 16.4. The van der Waals surface area contributed by atoms with E-state index in [0.717, 1.165) is 16.9 Å². The number of benzene rings is 2. The van der Waals surface area contributed by atoms with Gasteiger partial charge in [0.15, 0.2) is 0 Å². The summed E-state index contributed by atoms with van der Waals surface area (Å²) in [7, 11) is 1.58. The summed E-state index contributed by atoms with van der Waals surface area (Å²) in [6.07, 6.45) is 0.837. The van der Waals surface area contributed by atoms with Crippen molar-refractivity contribution in [1.82, 2.24) is 5.32 Å². The van der Waals surface area contributed by atoms with E-state index in [4.69, 9.17) is 21.1 Å². The van der Waals surface area contributed by atoms with Gasteiger partial charge in [0.25, 0.3) is 0 Å². The van der Waals surface area contributed by atoms with Crippen molar-refractivity contribution in [3.8, 4) is 11.5 Å². The van der Waals surface area contributed by atoms with Crippen molar-refractivity contribution in [3.63, 3.8) is 0 Å². The summed E-state index contributed by atoms with van der Waals surface area (Å²) in [5.41, 5.74) is 2.60. The number of nitrogens with one attached hydrogen (secondary N) is 1. The van der Waals surface area contributed by atoms with Crippen LogP contribution in [0.5, 0.6) is 11.5 Å². The molecule has 0 aliphatic carbocycles. The normalized spacial score (nSPS) is 20.8. The Hall–Kier alpha value is -2.73. The quantitative estimate of drug-likeness (QED) is 0.829. The van der Waals surface area contributed by atoms with Gasteiger partial charge in [-0.15, -0.1) is 0 Å². The van der Waals surface area contributed by atoms with Gasteiger partial charge in [0.2, 0.25) is 11.8 Å². The lowest BCUT2D eigenvalue weighted by Gasteiger charge is -2.28. The Balaban J connectivity index is 1.50. The number of carbonyl (C=O) groups excluding carboxylic acids is 2. The van der Waals surface area contributed by atoms with Crippen molar-refractivity contribution in [3.05, 3.63) is 52.5 Å². The number of ether oxygens (including phenoxy) is 2. The van der Waals surface area contributed by atoms with Crippen LogP contribution in [-0.4, -0.2) is 32.1 Å². The summed E-state index contributed by atoms with van der Waals surface area (Å²) < 4.78 is 11.1. The largest absolute Gasteiger partial charge is 0.495 e. The Labute approximate surface area is 174 Å². The molecular formula is C22H23ClN2O4. The second-order valence-corrected chi connectivity index (χ2v) is 7.90. The SMILES string of the molecule is COc1ccc(C)cc1N1CC(C(=O)NC2CCOc3ccc(Cl)cc32)CC1=O. The van der Waals surface area contributed by atoms with E-state index in [2.05, 4.69) is 5.32 Å². The van der Waals surface area contributed by atoms with Crippen LogP contribution >= 0.6 is 11.6 Å². The molecule has 29 heavy (non-hydrogen) atoms. The van der Waals surface area contributed by atoms with Gasteiger partial charge in [0.05, 0.1) is 31.4 Å². The van der Waals surface area contributed by atoms with E-state index >= 15 is 0 Å². The molecule has 0 spiro atoms. The Morgan fingerprint density at radius 1 is 1.28 bits per heavy atom. The maximum absolute atomic E-state index is 13.0. The van der Waals surface area contributed by atoms with Gasteiger partial charge in [-0.1, -0.05) is 17.7 Å². The van der Waals surface area contributed by atoms with Gasteiger partial charge in [0.1, 0.15) is 11.5 Å². The molecule has 0 saturated carbocycles. The number of methoxy groups -OCH3 is 1. The summed E-state index contributed by atoms with van der Waals surface area (Å²) in [6.45, 7) is 2.81. The van der Waals surface area contributed by atoms with Crippen molar-refractivity contribution in [1.29, 1.82) is 0 Å². The standard InChI is InChI=1S/C22H23ClN2O4/c1-13-3-5-20(28-2)18(9-13)25-12-14(10-21(25)26)22(27)24-17-7-8-29-19-6-4-15(23)11-16(17)19/h3-6,9,11,14,17H,7-8,10,12H2,1-2H3,(H,24,27). The van der Waals surface area contributed by atoms with Gasteiger partial charge in [-0.05, 0) is 42.8 Å². The number of rotatable bonds is 4. The van der Waals surface area contributed by atoms with Gasteiger partial charge in [-0.25, -0.2) is 0 Å². The van der Waals surface area contributed by atoms with E-state index in [1.54, 1.807) is 18.1 Å². The Kier molecular flexibility index (Phi) is 5.37. The number of halogens is 1. The first kappa shape index (κ1) is 19.6. The molecule has 0 radical (unpaired) electrons. The maximum Gasteiger partial charge on any atom is 0.227 e. The molecule has 2 unspecified atom stereocenters. The molecule has 2 amide bonds. The highest BCUT2D eigenvalue weighted by molar-refractivity contribution is 6.30. The van der Waals surface area contributed by atoms with Gasteiger partial charge < -0.3 is 19.7 Å². The van der Waals surface area contributed by atoms with E-state index in [-0.39, 0.29) is 24.3 Å². The molecule has 1 fully saturated rings. The molecule has 2 aliphatic rings. The number of hydrogen-bond acceptors (Lipinski definition) is 4. The summed E-state index contributed by atoms with van der Waals surface area (Å²) in [5, 5.41) is 3.69. The number of carbonyl (C=O) groups is 2. The lowest BCUT2D eigenvalue weighted by atomic mass is 9.99. The van der Waals surface area contributed by atoms with Crippen LogP contribution in [0.2, 0.25) is 5.02 Å². The minimum absolute atomic E-state index is 0.0792. The van der Waals surface area contributed by atoms with Crippen LogP contribution in [0.4, 0.5) is 5.69 Å². The summed E-state index contributed by atoms with van der Waals surface area (Å²) in [6, 6.07) is 10.9. The Morgan fingerprint density at radius 2 is 2.10 bits per heavy atom. The first-order valence-corrected chi connectivity index (χ1v) is 10.0. The Bertz CT molecular complexity index is 962. The third kappa shape index (κ3) is 3.90. The van der Waals surface area contributed by atoms with Gasteiger partial charge in [-0.2, -0.15) is 0 Å². The number of amides is 2. The fourth-order valence-electron chi connectivity index (χ4n) is 3.93. The number of hydrogen-bond donors (Lipinski definition) is 1. The fraction of sp³-hybridized carbons (Fsp3) is 0.364. The van der Waals surface area contributed by atoms with Crippen LogP contribution in [-0.2, 0) is 9.59 Å². The molecule has 2 atom stereocenters. The maximum atomic E-state index is 13.0. The molecule has 1 saturated heterocycles. The molecule has 7 heteroatoms. The average Bonchev–Trinajstić information content (AvgIpc) is 3.10. The first-order valence-electron chi connectivity index (χ1n) is 9.64. The van der Waals surface area contributed by atoms with E-state index in [0.29, 0.717) is 36.0 Å². The van der Waals surface area contributed by atoms with Crippen molar-refractivity contribution < 1.29 is 19.1 Å². The van der Waals surface area contributed by atoms with E-state index < -0.39 is 5.92 Å². The van der Waals surface area contributed by atoms with Crippen LogP contribution in [0.25, 0.3) is 0 Å². The van der Waals surface area contributed by atoms with Crippen molar-refractivity contribution in [2.45, 2.75) is 25.8 Å². The topological polar surface area (TPSA) is 67.9 Å². The molecule has 2 aromatic rings. The van der Waals surface area contributed by atoms with Crippen molar-refractivity contribution in [2.75, 3.05) is 25.2 Å². The molecule has 152 valence electrons. The molecule has 4 rings (SSSR count). The molecule has 0 bridgehead atoms. The molecule has 2 aliphatic heterocycles. The molecule has 6 nitrogen and oxygen atoms in total. The van der Waals surface area contributed by atoms with E-state index in [9.17, 15) is 9.59 Å². The molecule has 0 aromatic heterocycles. The highest BCUT2D eigenvalue weighted by Crippen LogP contribution is 2.36. The number of aryl methyl sites for hydroxylation is 1. The third-order valence-electron chi connectivity index (χ3n) is 5.45. The number of nitrogens with zero attached hydrogens (tertiary/aromatic N) is 1. The minimum atomic E-state index is -0.418. The monoisotopic (exact) mass is 414 g/mol. The summed E-state index contributed by atoms with van der Waals surface area (Å²) in [4.78, 5) is 27.3. The van der Waals surface area contributed by atoms with E-state index in [1.165, 1.54) is 0 Å². The van der Waals surface area contributed by atoms with Crippen LogP contribution in [0.3, 0.4) is 0 Å². The highest BCUT2D eigenvalue weighted by Gasteiger charge is 2.37. The Morgan fingerprint density at radius 3 is 2.90 bits per heavy atom. The van der Waals surface area contributed by atoms with Crippen LogP contribution in [0.15, 0.2) is 36.4 Å². The van der Waals surface area contributed by atoms with Gasteiger partial charge in [0, 0.05) is 30.0 Å². The van der Waals surface area contributed by atoms with Crippen LogP contribution in [0.1, 0.15) is 30.0 Å². The van der Waals surface area contributed by atoms with Crippen molar-refractivity contribution in [2.24, 2.45) is 5.92 Å². The van der Waals surface area contributed by atoms with Crippen LogP contribution in [0, 0.1) is 12.8 Å². The summed E-state index contributed by atoms with van der Waals surface area (Å²) in [5.74, 6) is 0.727. The smallest absolute Gasteiger partial charge is 0.227 e. The predicted octanol–water partition coefficient (Wildman–Crippen LogP) is 3.65. The van der Waals surface area contributed by atoms with Crippen LogP contribution < -0.4 is 19.7 Å². The predicted molar refractivity (Wildman–Crippen MR) is 111 cm³/mol. The zero-order chi connectivity index (χ0) is 20.5. The fourth-order valence-corrected chi connectivity index (χ4v) is 4.11. The first-order chi connectivity index (χ1) is 14.0. The molecule has 1 N–H and O–H groups in total. The van der Waals surface area contributed by atoms with Crippen molar-refractivity contribution >= 4 is 29.1 Å². The molecular weight excluding hydrogens is 392 g/mol. The lowest BCUT2D eigenvalue weighted by Crippen LogP contribution is -2.37. The summed E-state index contributed by atoms with van der Waals surface area (Å²) >= 11 is 6.12. The molecule has 2 heterocycles. The number of anilines is 1. The minimum Gasteiger partial charge on any atom is -0.495 e. The van der Waals surface area contributed by atoms with E-state index in [1.807, 2.05) is 37.3 Å².